The number of thiazole rings is 1. The molecule has 1 amide bonds. The van der Waals surface area contributed by atoms with Crippen LogP contribution in [0.25, 0.3) is 0 Å². The van der Waals surface area contributed by atoms with Crippen molar-refractivity contribution in [3.05, 3.63) is 52.8 Å². The van der Waals surface area contributed by atoms with Gasteiger partial charge in [0.15, 0.2) is 0 Å². The van der Waals surface area contributed by atoms with Crippen molar-refractivity contribution in [1.29, 1.82) is 0 Å². The van der Waals surface area contributed by atoms with Crippen molar-refractivity contribution in [3.63, 3.8) is 0 Å². The predicted molar refractivity (Wildman–Crippen MR) is 99.2 cm³/mol. The number of hydrogen-bond donors (Lipinski definition) is 0. The second-order valence-corrected chi connectivity index (χ2v) is 7.26. The van der Waals surface area contributed by atoms with Crippen LogP contribution in [0.3, 0.4) is 0 Å². The minimum atomic E-state index is 0.0134. The van der Waals surface area contributed by atoms with Crippen LogP contribution in [0.4, 0.5) is 0 Å². The molecule has 1 aliphatic heterocycles. The van der Waals surface area contributed by atoms with Crippen LogP contribution in [0.1, 0.15) is 47.7 Å². The van der Waals surface area contributed by atoms with Gasteiger partial charge in [-0.2, -0.15) is 5.10 Å². The summed E-state index contributed by atoms with van der Waals surface area (Å²) in [6, 6.07) is 1.80. The summed E-state index contributed by atoms with van der Waals surface area (Å²) in [4.78, 5) is 23.7. The van der Waals surface area contributed by atoms with Crippen molar-refractivity contribution in [2.75, 3.05) is 13.1 Å². The lowest BCUT2D eigenvalue weighted by atomic mass is 9.96. The van der Waals surface area contributed by atoms with Crippen molar-refractivity contribution in [1.82, 2.24) is 29.2 Å². The third kappa shape index (κ3) is 3.41. The molecule has 7 nitrogen and oxygen atoms in total. The van der Waals surface area contributed by atoms with E-state index in [4.69, 9.17) is 0 Å². The number of likely N-dealkylation sites (tertiary alicyclic amines) is 1. The van der Waals surface area contributed by atoms with E-state index in [1.54, 1.807) is 22.1 Å². The van der Waals surface area contributed by atoms with Gasteiger partial charge in [0.25, 0.3) is 5.91 Å². The summed E-state index contributed by atoms with van der Waals surface area (Å²) in [7, 11) is 0. The molecule has 0 saturated carbocycles. The van der Waals surface area contributed by atoms with Gasteiger partial charge < -0.3 is 9.47 Å². The Hall–Kier alpha value is -2.48. The molecule has 0 aliphatic carbocycles. The van der Waals surface area contributed by atoms with E-state index in [1.165, 1.54) is 0 Å². The van der Waals surface area contributed by atoms with Crippen LogP contribution in [0, 0.1) is 0 Å². The fourth-order valence-corrected chi connectivity index (χ4v) is 4.04. The molecule has 26 heavy (non-hydrogen) atoms. The normalized spacial score (nSPS) is 17.6. The van der Waals surface area contributed by atoms with Crippen LogP contribution < -0.4 is 0 Å². The third-order valence-corrected chi connectivity index (χ3v) is 5.46. The number of hydrogen-bond acceptors (Lipinski definition) is 5. The molecule has 1 fully saturated rings. The molecule has 1 atom stereocenters. The zero-order valence-electron chi connectivity index (χ0n) is 14.8. The average Bonchev–Trinajstić information content (AvgIpc) is 3.43. The molecule has 3 aromatic rings. The van der Waals surface area contributed by atoms with Crippen molar-refractivity contribution in [2.24, 2.45) is 0 Å². The Morgan fingerprint density at radius 1 is 1.35 bits per heavy atom. The van der Waals surface area contributed by atoms with E-state index in [-0.39, 0.29) is 11.8 Å². The molecule has 4 rings (SSSR count). The first kappa shape index (κ1) is 17.0. The van der Waals surface area contributed by atoms with E-state index in [9.17, 15) is 4.79 Å². The molecule has 1 aliphatic rings. The summed E-state index contributed by atoms with van der Waals surface area (Å²) in [5.41, 5.74) is 3.42. The quantitative estimate of drug-likeness (QED) is 0.692. The lowest BCUT2D eigenvalue weighted by Gasteiger charge is -2.32. The van der Waals surface area contributed by atoms with E-state index >= 15 is 0 Å². The Balaban J connectivity index is 1.49. The van der Waals surface area contributed by atoms with E-state index in [0.717, 1.165) is 44.0 Å². The molecule has 0 aromatic carbocycles. The highest BCUT2D eigenvalue weighted by Gasteiger charge is 2.29. The lowest BCUT2D eigenvalue weighted by Crippen LogP contribution is -2.40. The van der Waals surface area contributed by atoms with Gasteiger partial charge in [0.2, 0.25) is 0 Å². The Kier molecular flexibility index (Phi) is 4.83. The number of carbonyl (C=O) groups is 1. The van der Waals surface area contributed by atoms with Crippen LogP contribution in [0.15, 0.2) is 35.5 Å². The van der Waals surface area contributed by atoms with Crippen LogP contribution in [0.5, 0.6) is 0 Å². The minimum Gasteiger partial charge on any atom is -0.337 e. The van der Waals surface area contributed by atoms with Gasteiger partial charge in [-0.05, 0) is 25.8 Å². The first-order valence-corrected chi connectivity index (χ1v) is 9.89. The molecular weight excluding hydrogens is 348 g/mol. The summed E-state index contributed by atoms with van der Waals surface area (Å²) in [5.74, 6) is 1.30. The summed E-state index contributed by atoms with van der Waals surface area (Å²) in [6.45, 7) is 4.97. The first-order chi connectivity index (χ1) is 12.7. The minimum absolute atomic E-state index is 0.0134. The number of imidazole rings is 1. The molecule has 0 spiro atoms. The zero-order chi connectivity index (χ0) is 17.9. The Morgan fingerprint density at radius 2 is 2.27 bits per heavy atom. The molecule has 136 valence electrons. The fraction of sp³-hybridized carbons (Fsp3) is 0.444. The number of rotatable bonds is 5. The first-order valence-electron chi connectivity index (χ1n) is 8.95. The number of carbonyl (C=O) groups excluding carboxylic acids is 1. The Bertz CT molecular complexity index is 868. The number of piperidine rings is 1. The standard InChI is InChI=1S/C18H22N6OS/c1-2-24-8-5-16(21-24)18(25)23-7-3-4-14(10-23)17-19-6-9-22(17)11-15-12-26-13-20-15/h5-6,8-9,12-14H,2-4,7,10-11H2,1H3/t14-/m1/s1. The van der Waals surface area contributed by atoms with E-state index in [1.807, 2.05) is 35.9 Å². The maximum Gasteiger partial charge on any atom is 0.274 e. The monoisotopic (exact) mass is 370 g/mol. The maximum atomic E-state index is 12.8. The van der Waals surface area contributed by atoms with Crippen LogP contribution >= 0.6 is 11.3 Å². The van der Waals surface area contributed by atoms with Gasteiger partial charge in [0.05, 0.1) is 17.7 Å². The van der Waals surface area contributed by atoms with Gasteiger partial charge in [-0.15, -0.1) is 11.3 Å². The van der Waals surface area contributed by atoms with E-state index in [0.29, 0.717) is 12.2 Å². The van der Waals surface area contributed by atoms with Crippen molar-refractivity contribution in [3.8, 4) is 0 Å². The van der Waals surface area contributed by atoms with Gasteiger partial charge in [-0.25, -0.2) is 9.97 Å². The molecule has 1 saturated heterocycles. The number of aryl methyl sites for hydroxylation is 1. The molecule has 0 radical (unpaired) electrons. The fourth-order valence-electron chi connectivity index (χ4n) is 3.49. The van der Waals surface area contributed by atoms with Crippen molar-refractivity contribution < 1.29 is 4.79 Å². The summed E-state index contributed by atoms with van der Waals surface area (Å²) < 4.78 is 3.94. The highest BCUT2D eigenvalue weighted by Crippen LogP contribution is 2.27. The molecule has 0 unspecified atom stereocenters. The molecule has 4 heterocycles. The molecule has 0 N–H and O–H groups in total. The van der Waals surface area contributed by atoms with Gasteiger partial charge in [0, 0.05) is 49.5 Å². The maximum absolute atomic E-state index is 12.8. The van der Waals surface area contributed by atoms with Crippen LogP contribution in [0.2, 0.25) is 0 Å². The van der Waals surface area contributed by atoms with Crippen molar-refractivity contribution in [2.45, 2.75) is 38.8 Å². The molecule has 8 heteroatoms. The predicted octanol–water partition coefficient (Wildman–Crippen LogP) is 2.62. The van der Waals surface area contributed by atoms with Gasteiger partial charge in [-0.1, -0.05) is 0 Å². The van der Waals surface area contributed by atoms with Crippen LogP contribution in [-0.4, -0.2) is 48.2 Å². The van der Waals surface area contributed by atoms with Gasteiger partial charge in [-0.3, -0.25) is 9.48 Å². The largest absolute Gasteiger partial charge is 0.337 e. The number of amides is 1. The summed E-state index contributed by atoms with van der Waals surface area (Å²) in [6.07, 6.45) is 7.72. The van der Waals surface area contributed by atoms with Crippen molar-refractivity contribution >= 4 is 17.2 Å². The SMILES string of the molecule is CCn1ccc(C(=O)N2CCC[C@@H](c3nccn3Cc3cscn3)C2)n1. The second-order valence-electron chi connectivity index (χ2n) is 6.54. The summed E-state index contributed by atoms with van der Waals surface area (Å²) in [5, 5.41) is 6.42. The lowest BCUT2D eigenvalue weighted by molar-refractivity contribution is 0.0696. The Labute approximate surface area is 156 Å². The zero-order valence-corrected chi connectivity index (χ0v) is 15.6. The number of nitrogens with zero attached hydrogens (tertiary/aromatic N) is 6. The van der Waals surface area contributed by atoms with E-state index in [2.05, 4.69) is 25.0 Å². The van der Waals surface area contributed by atoms with Gasteiger partial charge in [0.1, 0.15) is 11.5 Å². The van der Waals surface area contributed by atoms with Gasteiger partial charge >= 0.3 is 0 Å². The molecular formula is C18H22N6OS. The molecule has 3 aromatic heterocycles. The highest BCUT2D eigenvalue weighted by molar-refractivity contribution is 7.07. The molecule has 0 bridgehead atoms. The highest BCUT2D eigenvalue weighted by atomic mass is 32.1. The topological polar surface area (TPSA) is 68.8 Å². The average molecular weight is 370 g/mol. The summed E-state index contributed by atoms with van der Waals surface area (Å²) >= 11 is 1.60. The smallest absolute Gasteiger partial charge is 0.274 e. The van der Waals surface area contributed by atoms with Crippen LogP contribution in [-0.2, 0) is 13.1 Å². The number of aromatic nitrogens is 5. The Morgan fingerprint density at radius 3 is 3.04 bits per heavy atom. The second kappa shape index (κ2) is 7.41. The van der Waals surface area contributed by atoms with E-state index < -0.39 is 0 Å². The third-order valence-electron chi connectivity index (χ3n) is 4.82.